The van der Waals surface area contributed by atoms with Crippen LogP contribution < -0.4 is 5.32 Å². The Morgan fingerprint density at radius 2 is 1.38 bits per heavy atom. The first-order valence-electron chi connectivity index (χ1n) is 7.23. The SMILES string of the molecule is Cc1ccc(C)c(-c2ccccc2Nc2ccccc2)c1. The lowest BCUT2D eigenvalue weighted by Crippen LogP contribution is -1.94. The van der Waals surface area contributed by atoms with E-state index in [-0.39, 0.29) is 0 Å². The van der Waals surface area contributed by atoms with E-state index in [9.17, 15) is 0 Å². The molecular formula is C20H19N. The Balaban J connectivity index is 2.06. The van der Waals surface area contributed by atoms with Gasteiger partial charge in [-0.25, -0.2) is 0 Å². The first-order valence-corrected chi connectivity index (χ1v) is 7.23. The van der Waals surface area contributed by atoms with E-state index in [4.69, 9.17) is 0 Å². The number of hydrogen-bond acceptors (Lipinski definition) is 1. The van der Waals surface area contributed by atoms with Crippen molar-refractivity contribution in [3.63, 3.8) is 0 Å². The predicted octanol–water partition coefficient (Wildman–Crippen LogP) is 5.71. The van der Waals surface area contributed by atoms with E-state index in [1.807, 2.05) is 18.2 Å². The van der Waals surface area contributed by atoms with Crippen molar-refractivity contribution in [3.05, 3.63) is 83.9 Å². The lowest BCUT2D eigenvalue weighted by molar-refractivity contribution is 1.39. The summed E-state index contributed by atoms with van der Waals surface area (Å²) in [5.74, 6) is 0. The summed E-state index contributed by atoms with van der Waals surface area (Å²) in [6, 6.07) is 25.3. The lowest BCUT2D eigenvalue weighted by atomic mass is 9.97. The van der Waals surface area contributed by atoms with Gasteiger partial charge in [0.15, 0.2) is 0 Å². The van der Waals surface area contributed by atoms with Crippen LogP contribution in [0.1, 0.15) is 11.1 Å². The summed E-state index contributed by atoms with van der Waals surface area (Å²) in [5.41, 5.74) is 7.34. The van der Waals surface area contributed by atoms with Crippen molar-refractivity contribution in [2.75, 3.05) is 5.32 Å². The third kappa shape index (κ3) is 2.97. The van der Waals surface area contributed by atoms with Crippen LogP contribution in [0.3, 0.4) is 0 Å². The van der Waals surface area contributed by atoms with E-state index in [0.717, 1.165) is 11.4 Å². The maximum atomic E-state index is 3.52. The zero-order valence-electron chi connectivity index (χ0n) is 12.4. The van der Waals surface area contributed by atoms with Crippen LogP contribution in [0, 0.1) is 13.8 Å². The topological polar surface area (TPSA) is 12.0 Å². The van der Waals surface area contributed by atoms with Crippen LogP contribution in [0.25, 0.3) is 11.1 Å². The first-order chi connectivity index (χ1) is 10.2. The summed E-state index contributed by atoms with van der Waals surface area (Å²) in [6.45, 7) is 4.30. The fraction of sp³-hybridized carbons (Fsp3) is 0.100. The van der Waals surface area contributed by atoms with Gasteiger partial charge >= 0.3 is 0 Å². The van der Waals surface area contributed by atoms with E-state index < -0.39 is 0 Å². The molecule has 0 bridgehead atoms. The summed E-state index contributed by atoms with van der Waals surface area (Å²) in [4.78, 5) is 0. The van der Waals surface area contributed by atoms with Crippen molar-refractivity contribution >= 4 is 11.4 Å². The molecule has 0 amide bonds. The second-order valence-electron chi connectivity index (χ2n) is 5.35. The van der Waals surface area contributed by atoms with E-state index in [1.165, 1.54) is 22.3 Å². The van der Waals surface area contributed by atoms with Crippen molar-refractivity contribution in [2.24, 2.45) is 0 Å². The molecule has 0 heterocycles. The number of hydrogen-bond donors (Lipinski definition) is 1. The Bertz CT molecular complexity index is 745. The molecule has 0 fully saturated rings. The predicted molar refractivity (Wildman–Crippen MR) is 91.1 cm³/mol. The number of para-hydroxylation sites is 2. The Labute approximate surface area is 126 Å². The van der Waals surface area contributed by atoms with Gasteiger partial charge in [-0.2, -0.15) is 0 Å². The second-order valence-corrected chi connectivity index (χ2v) is 5.35. The number of nitrogens with one attached hydrogen (secondary N) is 1. The highest BCUT2D eigenvalue weighted by molar-refractivity contribution is 5.82. The van der Waals surface area contributed by atoms with Gasteiger partial charge in [0.25, 0.3) is 0 Å². The van der Waals surface area contributed by atoms with Crippen LogP contribution >= 0.6 is 0 Å². The monoisotopic (exact) mass is 273 g/mol. The Hall–Kier alpha value is -2.54. The maximum Gasteiger partial charge on any atom is 0.0464 e. The molecule has 3 rings (SSSR count). The van der Waals surface area contributed by atoms with Crippen LogP contribution in [-0.2, 0) is 0 Å². The minimum atomic E-state index is 1.11. The quantitative estimate of drug-likeness (QED) is 0.644. The molecule has 0 aliphatic carbocycles. The van der Waals surface area contributed by atoms with Gasteiger partial charge in [-0.05, 0) is 43.2 Å². The highest BCUT2D eigenvalue weighted by atomic mass is 14.9. The zero-order valence-corrected chi connectivity index (χ0v) is 12.4. The Morgan fingerprint density at radius 1 is 0.667 bits per heavy atom. The summed E-state index contributed by atoms with van der Waals surface area (Å²) < 4.78 is 0. The Kier molecular flexibility index (Phi) is 3.74. The highest BCUT2D eigenvalue weighted by Crippen LogP contribution is 2.32. The second kappa shape index (κ2) is 5.84. The summed E-state index contributed by atoms with van der Waals surface area (Å²) in [5, 5.41) is 3.52. The molecule has 0 saturated heterocycles. The van der Waals surface area contributed by atoms with Gasteiger partial charge in [-0.15, -0.1) is 0 Å². The molecule has 0 aromatic heterocycles. The third-order valence-electron chi connectivity index (χ3n) is 3.66. The van der Waals surface area contributed by atoms with Gasteiger partial charge in [0.05, 0.1) is 0 Å². The molecule has 0 aliphatic rings. The molecule has 0 aliphatic heterocycles. The average Bonchev–Trinajstić information content (AvgIpc) is 2.51. The molecule has 1 heteroatoms. The normalized spacial score (nSPS) is 10.4. The van der Waals surface area contributed by atoms with Gasteiger partial charge in [-0.3, -0.25) is 0 Å². The summed E-state index contributed by atoms with van der Waals surface area (Å²) in [7, 11) is 0. The number of benzene rings is 3. The van der Waals surface area contributed by atoms with Crippen molar-refractivity contribution in [2.45, 2.75) is 13.8 Å². The molecule has 0 spiro atoms. The van der Waals surface area contributed by atoms with E-state index in [1.54, 1.807) is 0 Å². The smallest absolute Gasteiger partial charge is 0.0464 e. The van der Waals surface area contributed by atoms with Crippen LogP contribution in [-0.4, -0.2) is 0 Å². The first kappa shape index (κ1) is 13.4. The molecule has 0 saturated carbocycles. The van der Waals surface area contributed by atoms with Crippen LogP contribution in [0.15, 0.2) is 72.8 Å². The van der Waals surface area contributed by atoms with Gasteiger partial charge < -0.3 is 5.32 Å². The molecule has 1 nitrogen and oxygen atoms in total. The van der Waals surface area contributed by atoms with Crippen molar-refractivity contribution < 1.29 is 0 Å². The number of aryl methyl sites for hydroxylation is 2. The van der Waals surface area contributed by atoms with Crippen molar-refractivity contribution in [3.8, 4) is 11.1 Å². The van der Waals surface area contributed by atoms with Gasteiger partial charge in [-0.1, -0.05) is 60.2 Å². The zero-order chi connectivity index (χ0) is 14.7. The molecule has 21 heavy (non-hydrogen) atoms. The Morgan fingerprint density at radius 3 is 2.19 bits per heavy atom. The van der Waals surface area contributed by atoms with Crippen LogP contribution in [0.2, 0.25) is 0 Å². The average molecular weight is 273 g/mol. The number of rotatable bonds is 3. The van der Waals surface area contributed by atoms with E-state index in [0.29, 0.717) is 0 Å². The molecule has 3 aromatic carbocycles. The molecule has 0 unspecified atom stereocenters. The molecule has 1 N–H and O–H groups in total. The molecule has 3 aromatic rings. The standard InChI is InChI=1S/C20H19N/c1-15-12-13-16(2)19(14-15)18-10-6-7-11-20(18)21-17-8-4-3-5-9-17/h3-14,21H,1-2H3. The van der Waals surface area contributed by atoms with Gasteiger partial charge in [0, 0.05) is 16.9 Å². The number of anilines is 2. The van der Waals surface area contributed by atoms with E-state index in [2.05, 4.69) is 73.8 Å². The third-order valence-corrected chi connectivity index (χ3v) is 3.66. The van der Waals surface area contributed by atoms with Crippen LogP contribution in [0.4, 0.5) is 11.4 Å². The molecule has 0 atom stereocenters. The summed E-state index contributed by atoms with van der Waals surface area (Å²) in [6.07, 6.45) is 0. The van der Waals surface area contributed by atoms with Gasteiger partial charge in [0.2, 0.25) is 0 Å². The van der Waals surface area contributed by atoms with Crippen molar-refractivity contribution in [1.29, 1.82) is 0 Å². The fourth-order valence-corrected chi connectivity index (χ4v) is 2.53. The highest BCUT2D eigenvalue weighted by Gasteiger charge is 2.07. The maximum absolute atomic E-state index is 3.52. The van der Waals surface area contributed by atoms with Gasteiger partial charge in [0.1, 0.15) is 0 Å². The minimum Gasteiger partial charge on any atom is -0.355 e. The minimum absolute atomic E-state index is 1.11. The fourth-order valence-electron chi connectivity index (χ4n) is 2.53. The van der Waals surface area contributed by atoms with Crippen LogP contribution in [0.5, 0.6) is 0 Å². The summed E-state index contributed by atoms with van der Waals surface area (Å²) >= 11 is 0. The molecule has 0 radical (unpaired) electrons. The molecule has 104 valence electrons. The lowest BCUT2D eigenvalue weighted by Gasteiger charge is -2.14. The largest absolute Gasteiger partial charge is 0.355 e. The van der Waals surface area contributed by atoms with E-state index >= 15 is 0 Å². The van der Waals surface area contributed by atoms with Crippen molar-refractivity contribution in [1.82, 2.24) is 0 Å². The molecular weight excluding hydrogens is 254 g/mol.